The second kappa shape index (κ2) is 9.65. The van der Waals surface area contributed by atoms with E-state index in [0.717, 1.165) is 5.56 Å². The molecule has 0 fully saturated rings. The first kappa shape index (κ1) is 21.0. The molecular weight excluding hydrogens is 378 g/mol. The number of carbonyl (C=O) groups is 3. The molecule has 0 bridgehead atoms. The summed E-state index contributed by atoms with van der Waals surface area (Å²) in [7, 11) is 0. The quantitative estimate of drug-likeness (QED) is 0.443. The highest BCUT2D eigenvalue weighted by molar-refractivity contribution is 6.04. The Labute approximate surface area is 175 Å². The van der Waals surface area contributed by atoms with Gasteiger partial charge in [-0.2, -0.15) is 0 Å². The van der Waals surface area contributed by atoms with Gasteiger partial charge in [-0.3, -0.25) is 9.59 Å². The SMILES string of the molecule is CC[C@H](OC(=O)c1ccc(NC(=O)c2ccc(C)cc2)cc1)C(=O)c1ccccc1. The molecule has 1 atom stereocenters. The smallest absolute Gasteiger partial charge is 0.338 e. The van der Waals surface area contributed by atoms with E-state index in [-0.39, 0.29) is 11.7 Å². The van der Waals surface area contributed by atoms with Crippen LogP contribution in [0.1, 0.15) is 50.0 Å². The van der Waals surface area contributed by atoms with E-state index in [1.54, 1.807) is 67.6 Å². The van der Waals surface area contributed by atoms with Crippen molar-refractivity contribution in [3.05, 3.63) is 101 Å². The maximum Gasteiger partial charge on any atom is 0.338 e. The minimum Gasteiger partial charge on any atom is -0.450 e. The van der Waals surface area contributed by atoms with E-state index in [1.807, 2.05) is 25.1 Å². The average Bonchev–Trinajstić information content (AvgIpc) is 2.78. The van der Waals surface area contributed by atoms with E-state index in [0.29, 0.717) is 28.8 Å². The van der Waals surface area contributed by atoms with Crippen molar-refractivity contribution in [1.29, 1.82) is 0 Å². The van der Waals surface area contributed by atoms with Crippen molar-refractivity contribution in [2.45, 2.75) is 26.4 Å². The van der Waals surface area contributed by atoms with Crippen LogP contribution in [0.3, 0.4) is 0 Å². The molecule has 3 aromatic rings. The van der Waals surface area contributed by atoms with Crippen LogP contribution in [0.5, 0.6) is 0 Å². The van der Waals surface area contributed by atoms with Gasteiger partial charge in [0, 0.05) is 16.8 Å². The van der Waals surface area contributed by atoms with Crippen molar-refractivity contribution in [3.63, 3.8) is 0 Å². The van der Waals surface area contributed by atoms with Crippen molar-refractivity contribution in [1.82, 2.24) is 0 Å². The molecular formula is C25H23NO4. The lowest BCUT2D eigenvalue weighted by Gasteiger charge is -2.15. The van der Waals surface area contributed by atoms with Crippen LogP contribution in [0, 0.1) is 6.92 Å². The average molecular weight is 401 g/mol. The maximum atomic E-state index is 12.5. The second-order valence-electron chi connectivity index (χ2n) is 6.93. The lowest BCUT2D eigenvalue weighted by atomic mass is 10.0. The van der Waals surface area contributed by atoms with Crippen LogP contribution in [0.15, 0.2) is 78.9 Å². The van der Waals surface area contributed by atoms with Crippen LogP contribution in [0.25, 0.3) is 0 Å². The zero-order chi connectivity index (χ0) is 21.5. The molecule has 0 aliphatic carbocycles. The van der Waals surface area contributed by atoms with Gasteiger partial charge in [-0.25, -0.2) is 4.79 Å². The van der Waals surface area contributed by atoms with E-state index in [9.17, 15) is 14.4 Å². The first-order valence-electron chi connectivity index (χ1n) is 9.76. The van der Waals surface area contributed by atoms with Gasteiger partial charge in [-0.05, 0) is 49.7 Å². The number of aryl methyl sites for hydroxylation is 1. The molecule has 0 heterocycles. The van der Waals surface area contributed by atoms with Crippen LogP contribution in [-0.2, 0) is 4.74 Å². The zero-order valence-corrected chi connectivity index (χ0v) is 16.9. The predicted octanol–water partition coefficient (Wildman–Crippen LogP) is 5.07. The van der Waals surface area contributed by atoms with Crippen molar-refractivity contribution < 1.29 is 19.1 Å². The lowest BCUT2D eigenvalue weighted by molar-refractivity contribution is 0.0277. The number of nitrogens with one attached hydrogen (secondary N) is 1. The number of rotatable bonds is 7. The molecule has 0 aliphatic heterocycles. The highest BCUT2D eigenvalue weighted by Gasteiger charge is 2.23. The van der Waals surface area contributed by atoms with Crippen molar-refractivity contribution >= 4 is 23.3 Å². The van der Waals surface area contributed by atoms with Crippen LogP contribution < -0.4 is 5.32 Å². The molecule has 0 saturated heterocycles. The van der Waals surface area contributed by atoms with Crippen molar-refractivity contribution in [2.24, 2.45) is 0 Å². The predicted molar refractivity (Wildman–Crippen MR) is 116 cm³/mol. The minimum atomic E-state index is -0.846. The van der Waals surface area contributed by atoms with Crippen LogP contribution in [0.4, 0.5) is 5.69 Å². The molecule has 0 radical (unpaired) electrons. The third-order valence-electron chi connectivity index (χ3n) is 4.66. The number of ether oxygens (including phenoxy) is 1. The Morgan fingerprint density at radius 2 is 1.40 bits per heavy atom. The topological polar surface area (TPSA) is 72.5 Å². The number of hydrogen-bond acceptors (Lipinski definition) is 4. The standard InChI is InChI=1S/C25H23NO4/c1-3-22(23(27)18-7-5-4-6-8-18)30-25(29)20-13-15-21(16-14-20)26-24(28)19-11-9-17(2)10-12-19/h4-16,22H,3H2,1-2H3,(H,26,28)/t22-/m0/s1. The van der Waals surface area contributed by atoms with E-state index in [4.69, 9.17) is 4.74 Å². The Morgan fingerprint density at radius 1 is 0.800 bits per heavy atom. The molecule has 1 amide bonds. The number of benzene rings is 3. The van der Waals surface area contributed by atoms with E-state index in [2.05, 4.69) is 5.32 Å². The number of ketones is 1. The summed E-state index contributed by atoms with van der Waals surface area (Å²) < 4.78 is 5.43. The summed E-state index contributed by atoms with van der Waals surface area (Å²) in [6, 6.07) is 22.4. The van der Waals surface area contributed by atoms with Gasteiger partial charge in [0.15, 0.2) is 6.10 Å². The van der Waals surface area contributed by atoms with Gasteiger partial charge >= 0.3 is 5.97 Å². The monoisotopic (exact) mass is 401 g/mol. The Bertz CT molecular complexity index is 1030. The van der Waals surface area contributed by atoms with Crippen LogP contribution in [-0.4, -0.2) is 23.8 Å². The van der Waals surface area contributed by atoms with Gasteiger partial charge in [0.25, 0.3) is 5.91 Å². The summed E-state index contributed by atoms with van der Waals surface area (Å²) >= 11 is 0. The summed E-state index contributed by atoms with van der Waals surface area (Å²) in [5.74, 6) is -1.04. The highest BCUT2D eigenvalue weighted by atomic mass is 16.5. The summed E-state index contributed by atoms with van der Waals surface area (Å²) in [4.78, 5) is 37.3. The Balaban J connectivity index is 1.63. The summed E-state index contributed by atoms with van der Waals surface area (Å²) in [5, 5.41) is 2.79. The van der Waals surface area contributed by atoms with Crippen LogP contribution >= 0.6 is 0 Å². The molecule has 152 valence electrons. The molecule has 3 aromatic carbocycles. The molecule has 0 unspecified atom stereocenters. The van der Waals surface area contributed by atoms with Gasteiger partial charge < -0.3 is 10.1 Å². The zero-order valence-electron chi connectivity index (χ0n) is 16.9. The summed E-state index contributed by atoms with van der Waals surface area (Å²) in [5.41, 5.74) is 3.00. The molecule has 1 N–H and O–H groups in total. The molecule has 3 rings (SSSR count). The van der Waals surface area contributed by atoms with Crippen molar-refractivity contribution in [2.75, 3.05) is 5.32 Å². The highest BCUT2D eigenvalue weighted by Crippen LogP contribution is 2.16. The number of esters is 1. The molecule has 5 nitrogen and oxygen atoms in total. The largest absolute Gasteiger partial charge is 0.450 e. The minimum absolute atomic E-state index is 0.228. The van der Waals surface area contributed by atoms with Gasteiger partial charge in [0.05, 0.1) is 5.56 Å². The number of carbonyl (C=O) groups excluding carboxylic acids is 3. The number of anilines is 1. The third kappa shape index (κ3) is 5.20. The Kier molecular flexibility index (Phi) is 6.75. The summed E-state index contributed by atoms with van der Waals surface area (Å²) in [6.07, 6.45) is -0.467. The van der Waals surface area contributed by atoms with Gasteiger partial charge in [0.1, 0.15) is 0 Å². The number of hydrogen-bond donors (Lipinski definition) is 1. The molecule has 0 saturated carbocycles. The first-order chi connectivity index (χ1) is 14.5. The normalized spacial score (nSPS) is 11.4. The molecule has 0 spiro atoms. The van der Waals surface area contributed by atoms with E-state index in [1.165, 1.54) is 0 Å². The summed E-state index contributed by atoms with van der Waals surface area (Å²) in [6.45, 7) is 3.75. The van der Waals surface area contributed by atoms with Gasteiger partial charge in [-0.15, -0.1) is 0 Å². The number of amides is 1. The van der Waals surface area contributed by atoms with Crippen molar-refractivity contribution in [3.8, 4) is 0 Å². The van der Waals surface area contributed by atoms with Gasteiger partial charge in [-0.1, -0.05) is 55.0 Å². The molecule has 30 heavy (non-hydrogen) atoms. The van der Waals surface area contributed by atoms with E-state index >= 15 is 0 Å². The number of Topliss-reactive ketones (excluding diaryl/α,β-unsaturated/α-hetero) is 1. The van der Waals surface area contributed by atoms with Crippen LogP contribution in [0.2, 0.25) is 0 Å². The third-order valence-corrected chi connectivity index (χ3v) is 4.66. The fraction of sp³-hybridized carbons (Fsp3) is 0.160. The lowest BCUT2D eigenvalue weighted by Crippen LogP contribution is -2.26. The second-order valence-corrected chi connectivity index (χ2v) is 6.93. The molecule has 0 aromatic heterocycles. The van der Waals surface area contributed by atoms with E-state index < -0.39 is 12.1 Å². The fourth-order valence-electron chi connectivity index (χ4n) is 2.91. The Morgan fingerprint density at radius 3 is 2.00 bits per heavy atom. The Hall–Kier alpha value is -3.73. The fourth-order valence-corrected chi connectivity index (χ4v) is 2.91. The molecule has 5 heteroatoms. The van der Waals surface area contributed by atoms with Gasteiger partial charge in [0.2, 0.25) is 5.78 Å². The molecule has 0 aliphatic rings. The first-order valence-corrected chi connectivity index (χ1v) is 9.76. The maximum absolute atomic E-state index is 12.5.